The summed E-state index contributed by atoms with van der Waals surface area (Å²) in [5.41, 5.74) is 0.212. The molecule has 104 valence electrons. The molecule has 0 radical (unpaired) electrons. The summed E-state index contributed by atoms with van der Waals surface area (Å²) in [6.45, 7) is 0.0114. The van der Waals surface area contributed by atoms with Crippen molar-refractivity contribution >= 4 is 27.7 Å². The molecule has 9 heteroatoms. The topological polar surface area (TPSA) is 125 Å². The number of hydrogen-bond acceptors (Lipinski definition) is 5. The number of amides is 1. The lowest BCUT2D eigenvalue weighted by molar-refractivity contribution is -0.136. The van der Waals surface area contributed by atoms with E-state index in [1.54, 1.807) is 0 Å². The smallest absolute Gasteiger partial charge is 0.305 e. The molecule has 0 fully saturated rings. The first-order valence-electron chi connectivity index (χ1n) is 5.22. The molecule has 3 N–H and O–H groups in total. The number of hydrogen-bond donors (Lipinski definition) is 3. The van der Waals surface area contributed by atoms with Gasteiger partial charge in [0.25, 0.3) is 5.91 Å². The van der Waals surface area contributed by atoms with Gasteiger partial charge in [-0.05, 0) is 12.1 Å². The highest BCUT2D eigenvalue weighted by Gasteiger charge is 2.08. The molecule has 19 heavy (non-hydrogen) atoms. The quantitative estimate of drug-likeness (QED) is 0.657. The third-order valence-electron chi connectivity index (χ3n) is 1.94. The van der Waals surface area contributed by atoms with Gasteiger partial charge in [-0.15, -0.1) is 0 Å². The van der Waals surface area contributed by atoms with Gasteiger partial charge in [0.1, 0.15) is 5.82 Å². The maximum absolute atomic E-state index is 11.5. The molecule has 0 aliphatic carbocycles. The van der Waals surface area contributed by atoms with E-state index in [1.807, 2.05) is 0 Å². The number of anilines is 1. The van der Waals surface area contributed by atoms with Crippen molar-refractivity contribution in [3.8, 4) is 0 Å². The van der Waals surface area contributed by atoms with Gasteiger partial charge in [-0.1, -0.05) is 0 Å². The molecule has 0 atom stereocenters. The summed E-state index contributed by atoms with van der Waals surface area (Å²) in [5.74, 6) is -1.38. The summed E-state index contributed by atoms with van der Waals surface area (Å²) in [6, 6.07) is 2.73. The predicted octanol–water partition coefficient (Wildman–Crippen LogP) is -0.342. The average molecular weight is 287 g/mol. The van der Waals surface area contributed by atoms with Crippen molar-refractivity contribution in [3.05, 3.63) is 23.9 Å². The maximum atomic E-state index is 11.5. The molecule has 0 bridgehead atoms. The second-order valence-electron chi connectivity index (χ2n) is 3.71. The first kappa shape index (κ1) is 14.9. The monoisotopic (exact) mass is 287 g/mol. The molecule has 1 aromatic rings. The molecular weight excluding hydrogens is 274 g/mol. The Kier molecular flexibility index (Phi) is 4.81. The number of rotatable bonds is 6. The molecule has 0 aromatic carbocycles. The lowest BCUT2D eigenvalue weighted by Gasteiger charge is -2.05. The van der Waals surface area contributed by atoms with Crippen LogP contribution in [0.25, 0.3) is 0 Å². The zero-order chi connectivity index (χ0) is 14.5. The third-order valence-corrected chi connectivity index (χ3v) is 2.52. The maximum Gasteiger partial charge on any atom is 0.305 e. The number of nitrogens with one attached hydrogen (secondary N) is 2. The van der Waals surface area contributed by atoms with Crippen molar-refractivity contribution in [2.75, 3.05) is 17.5 Å². The van der Waals surface area contributed by atoms with Crippen molar-refractivity contribution in [1.29, 1.82) is 0 Å². The van der Waals surface area contributed by atoms with Crippen LogP contribution < -0.4 is 10.0 Å². The fourth-order valence-electron chi connectivity index (χ4n) is 1.16. The molecule has 1 amide bonds. The van der Waals surface area contributed by atoms with Gasteiger partial charge in [-0.3, -0.25) is 14.3 Å². The standard InChI is InChI=1S/C10H13N3O5S/c1-19(17,18)13-8-3-2-7(6-12-8)10(16)11-5-4-9(14)15/h2-3,6H,4-5H2,1H3,(H,11,16)(H,12,13)(H,14,15). The van der Waals surface area contributed by atoms with Gasteiger partial charge in [0.15, 0.2) is 0 Å². The average Bonchev–Trinajstić information content (AvgIpc) is 2.27. The Labute approximate surface area is 109 Å². The van der Waals surface area contributed by atoms with Crippen LogP contribution >= 0.6 is 0 Å². The van der Waals surface area contributed by atoms with Crippen molar-refractivity contribution in [2.24, 2.45) is 0 Å². The Morgan fingerprint density at radius 1 is 1.37 bits per heavy atom. The Bertz CT molecular complexity index is 567. The van der Waals surface area contributed by atoms with Crippen LogP contribution in [0.4, 0.5) is 5.82 Å². The number of aliphatic carboxylic acids is 1. The number of pyridine rings is 1. The molecule has 0 aliphatic heterocycles. The first-order chi connectivity index (χ1) is 8.78. The summed E-state index contributed by atoms with van der Waals surface area (Å²) in [7, 11) is -3.41. The van der Waals surface area contributed by atoms with Crippen LogP contribution in [0.2, 0.25) is 0 Å². The van der Waals surface area contributed by atoms with Crippen LogP contribution in [0.3, 0.4) is 0 Å². The van der Waals surface area contributed by atoms with Crippen LogP contribution in [0, 0.1) is 0 Å². The largest absolute Gasteiger partial charge is 0.481 e. The number of carbonyl (C=O) groups excluding carboxylic acids is 1. The van der Waals surface area contributed by atoms with Gasteiger partial charge in [-0.2, -0.15) is 0 Å². The minimum Gasteiger partial charge on any atom is -0.481 e. The Morgan fingerprint density at radius 2 is 2.05 bits per heavy atom. The normalized spacial score (nSPS) is 10.8. The molecule has 0 spiro atoms. The number of aromatic nitrogens is 1. The molecule has 0 saturated heterocycles. The van der Waals surface area contributed by atoms with E-state index in [9.17, 15) is 18.0 Å². The molecule has 0 aliphatic rings. The minimum atomic E-state index is -3.41. The van der Waals surface area contributed by atoms with Crippen LogP contribution in [0.5, 0.6) is 0 Å². The van der Waals surface area contributed by atoms with Crippen LogP contribution in [0.15, 0.2) is 18.3 Å². The van der Waals surface area contributed by atoms with Crippen molar-refractivity contribution in [2.45, 2.75) is 6.42 Å². The fraction of sp³-hybridized carbons (Fsp3) is 0.300. The molecule has 1 rings (SSSR count). The van der Waals surface area contributed by atoms with E-state index in [4.69, 9.17) is 5.11 Å². The van der Waals surface area contributed by atoms with E-state index in [2.05, 4.69) is 15.0 Å². The lowest BCUT2D eigenvalue weighted by atomic mass is 10.2. The first-order valence-corrected chi connectivity index (χ1v) is 7.11. The van der Waals surface area contributed by atoms with Gasteiger partial charge in [0.2, 0.25) is 10.0 Å². The summed E-state index contributed by atoms with van der Waals surface area (Å²) >= 11 is 0. The van der Waals surface area contributed by atoms with E-state index in [1.165, 1.54) is 18.3 Å². The molecule has 0 unspecified atom stereocenters. The Balaban J connectivity index is 2.60. The summed E-state index contributed by atoms with van der Waals surface area (Å²) in [6.07, 6.45) is 2.01. The fourth-order valence-corrected chi connectivity index (χ4v) is 1.66. The third kappa shape index (κ3) is 5.82. The summed E-state index contributed by atoms with van der Waals surface area (Å²) in [5, 5.41) is 10.8. The molecule has 1 heterocycles. The highest BCUT2D eigenvalue weighted by molar-refractivity contribution is 7.92. The van der Waals surface area contributed by atoms with Crippen LogP contribution in [-0.2, 0) is 14.8 Å². The summed E-state index contributed by atoms with van der Waals surface area (Å²) < 4.78 is 24.0. The van der Waals surface area contributed by atoms with Crippen LogP contribution in [0.1, 0.15) is 16.8 Å². The Hall–Kier alpha value is -2.16. The van der Waals surface area contributed by atoms with E-state index < -0.39 is 21.9 Å². The second-order valence-corrected chi connectivity index (χ2v) is 5.45. The van der Waals surface area contributed by atoms with Crippen molar-refractivity contribution in [3.63, 3.8) is 0 Å². The van der Waals surface area contributed by atoms with E-state index in [-0.39, 0.29) is 24.3 Å². The zero-order valence-corrected chi connectivity index (χ0v) is 10.9. The SMILES string of the molecule is CS(=O)(=O)Nc1ccc(C(=O)NCCC(=O)O)cn1. The van der Waals surface area contributed by atoms with Gasteiger partial charge < -0.3 is 10.4 Å². The van der Waals surface area contributed by atoms with Crippen molar-refractivity contribution < 1.29 is 23.1 Å². The van der Waals surface area contributed by atoms with Gasteiger partial charge in [-0.25, -0.2) is 13.4 Å². The number of carboxylic acid groups (broad SMARTS) is 1. The van der Waals surface area contributed by atoms with Gasteiger partial charge >= 0.3 is 5.97 Å². The number of carboxylic acids is 1. The molecule has 8 nitrogen and oxygen atoms in total. The summed E-state index contributed by atoms with van der Waals surface area (Å²) in [4.78, 5) is 25.6. The zero-order valence-electron chi connectivity index (χ0n) is 10.1. The van der Waals surface area contributed by atoms with Gasteiger partial charge in [0.05, 0.1) is 18.2 Å². The second kappa shape index (κ2) is 6.14. The van der Waals surface area contributed by atoms with E-state index in [0.29, 0.717) is 0 Å². The molecular formula is C10H13N3O5S. The van der Waals surface area contributed by atoms with Gasteiger partial charge in [0, 0.05) is 12.7 Å². The highest BCUT2D eigenvalue weighted by atomic mass is 32.2. The predicted molar refractivity (Wildman–Crippen MR) is 67.3 cm³/mol. The minimum absolute atomic E-state index is 0.0114. The number of sulfonamides is 1. The number of carbonyl (C=O) groups is 2. The lowest BCUT2D eigenvalue weighted by Crippen LogP contribution is -2.26. The molecule has 0 saturated carbocycles. The van der Waals surface area contributed by atoms with Crippen LogP contribution in [-0.4, -0.2) is 43.2 Å². The van der Waals surface area contributed by atoms with E-state index in [0.717, 1.165) is 6.26 Å². The van der Waals surface area contributed by atoms with E-state index >= 15 is 0 Å². The Morgan fingerprint density at radius 3 is 2.53 bits per heavy atom. The molecule has 1 aromatic heterocycles. The number of nitrogens with zero attached hydrogens (tertiary/aromatic N) is 1. The highest BCUT2D eigenvalue weighted by Crippen LogP contribution is 2.06. The van der Waals surface area contributed by atoms with Crippen molar-refractivity contribution in [1.82, 2.24) is 10.3 Å².